The molecule has 2 amide bonds. The van der Waals surface area contributed by atoms with Gasteiger partial charge in [-0.3, -0.25) is 9.59 Å². The highest BCUT2D eigenvalue weighted by Gasteiger charge is 2.18. The van der Waals surface area contributed by atoms with Gasteiger partial charge in [0.05, 0.1) is 0 Å². The normalized spacial score (nSPS) is 20.0. The first-order chi connectivity index (χ1) is 9.77. The fourth-order valence-electron chi connectivity index (χ4n) is 2.49. The Morgan fingerprint density at radius 2 is 1.05 bits per heavy atom. The van der Waals surface area contributed by atoms with E-state index in [1.807, 2.05) is 33.3 Å². The summed E-state index contributed by atoms with van der Waals surface area (Å²) in [6, 6.07) is 0. The minimum absolute atomic E-state index is 0.270. The second-order valence-electron chi connectivity index (χ2n) is 5.19. The minimum atomic E-state index is 0.270. The lowest BCUT2D eigenvalue weighted by Crippen LogP contribution is -2.38. The zero-order valence-corrected chi connectivity index (χ0v) is 13.6. The van der Waals surface area contributed by atoms with Crippen LogP contribution in [0.15, 0.2) is 0 Å². The molecule has 2 saturated heterocycles. The molecule has 2 heterocycles. The van der Waals surface area contributed by atoms with Crippen molar-refractivity contribution in [2.45, 2.75) is 25.7 Å². The molecule has 0 saturated carbocycles. The van der Waals surface area contributed by atoms with Crippen LogP contribution in [-0.2, 0) is 9.59 Å². The van der Waals surface area contributed by atoms with E-state index in [-0.39, 0.29) is 11.8 Å². The molecule has 0 aromatic rings. The molecule has 4 nitrogen and oxygen atoms in total. The van der Waals surface area contributed by atoms with Crippen molar-refractivity contribution in [3.05, 3.63) is 0 Å². The number of carbonyl (C=O) groups is 2. The molecule has 2 aliphatic heterocycles. The molecule has 114 valence electrons. The van der Waals surface area contributed by atoms with Crippen LogP contribution in [0.1, 0.15) is 25.7 Å². The van der Waals surface area contributed by atoms with E-state index >= 15 is 0 Å². The van der Waals surface area contributed by atoms with E-state index < -0.39 is 0 Å². The maximum Gasteiger partial charge on any atom is 0.222 e. The fourth-order valence-corrected chi connectivity index (χ4v) is 4.30. The van der Waals surface area contributed by atoms with Crippen molar-refractivity contribution in [2.24, 2.45) is 0 Å². The van der Waals surface area contributed by atoms with E-state index in [9.17, 15) is 9.59 Å². The van der Waals surface area contributed by atoms with Crippen molar-refractivity contribution in [3.63, 3.8) is 0 Å². The summed E-state index contributed by atoms with van der Waals surface area (Å²) in [5.41, 5.74) is 0. The quantitative estimate of drug-likeness (QED) is 0.724. The smallest absolute Gasteiger partial charge is 0.222 e. The van der Waals surface area contributed by atoms with Crippen molar-refractivity contribution in [2.75, 3.05) is 49.2 Å². The number of unbranched alkanes of at least 4 members (excludes halogenated alkanes) is 1. The summed E-state index contributed by atoms with van der Waals surface area (Å²) in [6.07, 6.45) is 2.90. The lowest BCUT2D eigenvalue weighted by Gasteiger charge is -2.27. The highest BCUT2D eigenvalue weighted by Crippen LogP contribution is 2.14. The number of hydrogen-bond donors (Lipinski definition) is 0. The van der Waals surface area contributed by atoms with Gasteiger partial charge in [0.25, 0.3) is 0 Å². The third-order valence-electron chi connectivity index (χ3n) is 3.76. The summed E-state index contributed by atoms with van der Waals surface area (Å²) in [7, 11) is 0. The molecule has 0 aliphatic carbocycles. The van der Waals surface area contributed by atoms with E-state index in [2.05, 4.69) is 0 Å². The molecule has 2 aliphatic rings. The monoisotopic (exact) mass is 316 g/mol. The van der Waals surface area contributed by atoms with Crippen molar-refractivity contribution in [1.29, 1.82) is 0 Å². The van der Waals surface area contributed by atoms with Gasteiger partial charge < -0.3 is 9.80 Å². The molecule has 6 heteroatoms. The maximum absolute atomic E-state index is 12.0. The average molecular weight is 316 g/mol. The van der Waals surface area contributed by atoms with Crippen molar-refractivity contribution in [1.82, 2.24) is 9.80 Å². The predicted octanol–water partition coefficient (Wildman–Crippen LogP) is 1.70. The Morgan fingerprint density at radius 3 is 1.40 bits per heavy atom. The number of nitrogens with zero attached hydrogens (tertiary/aromatic N) is 2. The zero-order chi connectivity index (χ0) is 14.2. The molecule has 0 N–H and O–H groups in total. The summed E-state index contributed by atoms with van der Waals surface area (Å²) in [4.78, 5) is 27.9. The lowest BCUT2D eigenvalue weighted by atomic mass is 10.1. The van der Waals surface area contributed by atoms with Crippen molar-refractivity contribution >= 4 is 35.3 Å². The first-order valence-electron chi connectivity index (χ1n) is 7.48. The van der Waals surface area contributed by atoms with Crippen LogP contribution in [-0.4, -0.2) is 70.8 Å². The Bertz CT molecular complexity index is 295. The molecule has 2 rings (SSSR count). The van der Waals surface area contributed by atoms with Gasteiger partial charge in [-0.2, -0.15) is 23.5 Å². The van der Waals surface area contributed by atoms with Gasteiger partial charge in [-0.25, -0.2) is 0 Å². The minimum Gasteiger partial charge on any atom is -0.341 e. The molecule has 0 aromatic carbocycles. The number of rotatable bonds is 5. The summed E-state index contributed by atoms with van der Waals surface area (Å²) >= 11 is 3.84. The van der Waals surface area contributed by atoms with E-state index in [1.54, 1.807) is 0 Å². The molecule has 2 fully saturated rings. The third kappa shape index (κ3) is 5.20. The SMILES string of the molecule is O=C(CCCCC(=O)N1CCSCC1)N1CCSCC1. The number of thioether (sulfide) groups is 2. The van der Waals surface area contributed by atoms with E-state index in [4.69, 9.17) is 0 Å². The standard InChI is InChI=1S/C14H24N2O2S2/c17-13(15-5-9-19-10-6-15)3-1-2-4-14(18)16-7-11-20-12-8-16/h1-12H2. The van der Waals surface area contributed by atoms with Crippen LogP contribution >= 0.6 is 23.5 Å². The number of hydrogen-bond acceptors (Lipinski definition) is 4. The topological polar surface area (TPSA) is 40.6 Å². The van der Waals surface area contributed by atoms with Gasteiger partial charge in [0.2, 0.25) is 11.8 Å². The van der Waals surface area contributed by atoms with Gasteiger partial charge in [0, 0.05) is 62.0 Å². The van der Waals surface area contributed by atoms with Gasteiger partial charge in [-0.15, -0.1) is 0 Å². The molecule has 0 radical (unpaired) electrons. The molecular weight excluding hydrogens is 292 g/mol. The first-order valence-corrected chi connectivity index (χ1v) is 9.79. The van der Waals surface area contributed by atoms with Crippen LogP contribution in [0.25, 0.3) is 0 Å². The highest BCUT2D eigenvalue weighted by atomic mass is 32.2. The van der Waals surface area contributed by atoms with Gasteiger partial charge in [-0.05, 0) is 12.8 Å². The Hall–Kier alpha value is -0.360. The Morgan fingerprint density at radius 1 is 0.700 bits per heavy atom. The maximum atomic E-state index is 12.0. The molecule has 20 heavy (non-hydrogen) atoms. The van der Waals surface area contributed by atoms with Crippen molar-refractivity contribution < 1.29 is 9.59 Å². The van der Waals surface area contributed by atoms with Crippen LogP contribution in [0.4, 0.5) is 0 Å². The number of carbonyl (C=O) groups excluding carboxylic acids is 2. The highest BCUT2D eigenvalue weighted by molar-refractivity contribution is 7.99. The first kappa shape index (κ1) is 16.0. The molecular formula is C14H24N2O2S2. The second kappa shape index (κ2) is 8.82. The largest absolute Gasteiger partial charge is 0.341 e. The van der Waals surface area contributed by atoms with Crippen LogP contribution < -0.4 is 0 Å². The summed E-state index contributed by atoms with van der Waals surface area (Å²) in [6.45, 7) is 3.59. The number of amides is 2. The Balaban J connectivity index is 1.56. The van der Waals surface area contributed by atoms with Gasteiger partial charge in [0.15, 0.2) is 0 Å². The summed E-state index contributed by atoms with van der Waals surface area (Å²) in [5, 5.41) is 0. The van der Waals surface area contributed by atoms with Gasteiger partial charge in [0.1, 0.15) is 0 Å². The molecule has 0 aromatic heterocycles. The fraction of sp³-hybridized carbons (Fsp3) is 0.857. The lowest BCUT2D eigenvalue weighted by molar-refractivity contribution is -0.132. The van der Waals surface area contributed by atoms with Crippen LogP contribution in [0.3, 0.4) is 0 Å². The van der Waals surface area contributed by atoms with Gasteiger partial charge in [-0.1, -0.05) is 0 Å². The summed E-state index contributed by atoms with van der Waals surface area (Å²) < 4.78 is 0. The Kier molecular flexibility index (Phi) is 7.07. The summed E-state index contributed by atoms with van der Waals surface area (Å²) in [5.74, 6) is 4.81. The second-order valence-corrected chi connectivity index (χ2v) is 7.64. The molecule has 0 atom stereocenters. The molecule has 0 bridgehead atoms. The average Bonchev–Trinajstić information content (AvgIpc) is 2.53. The van der Waals surface area contributed by atoms with Crippen LogP contribution in [0, 0.1) is 0 Å². The molecule has 0 unspecified atom stereocenters. The van der Waals surface area contributed by atoms with Crippen LogP contribution in [0.5, 0.6) is 0 Å². The van der Waals surface area contributed by atoms with Gasteiger partial charge >= 0.3 is 0 Å². The third-order valence-corrected chi connectivity index (χ3v) is 5.64. The van der Waals surface area contributed by atoms with Crippen molar-refractivity contribution in [3.8, 4) is 0 Å². The van der Waals surface area contributed by atoms with Crippen LogP contribution in [0.2, 0.25) is 0 Å². The molecule has 0 spiro atoms. The van der Waals surface area contributed by atoms with E-state index in [1.165, 1.54) is 0 Å². The van der Waals surface area contributed by atoms with E-state index in [0.29, 0.717) is 12.8 Å². The zero-order valence-electron chi connectivity index (χ0n) is 12.0. The Labute approximate surface area is 130 Å². The predicted molar refractivity (Wildman–Crippen MR) is 86.3 cm³/mol. The van der Waals surface area contributed by atoms with E-state index in [0.717, 1.165) is 62.0 Å².